The van der Waals surface area contributed by atoms with Crippen LogP contribution in [-0.2, 0) is 6.42 Å². The van der Waals surface area contributed by atoms with Crippen LogP contribution >= 0.6 is 11.6 Å². The predicted molar refractivity (Wildman–Crippen MR) is 68.7 cm³/mol. The lowest BCUT2D eigenvalue weighted by atomic mass is 10.0. The maximum Gasteiger partial charge on any atom is 0.141 e. The van der Waals surface area contributed by atoms with Gasteiger partial charge in [0.15, 0.2) is 0 Å². The number of aliphatic hydroxyl groups is 1. The molecule has 1 aromatic heterocycles. The van der Waals surface area contributed by atoms with Crippen molar-refractivity contribution in [2.45, 2.75) is 12.5 Å². The second-order valence-electron chi connectivity index (χ2n) is 3.97. The molecule has 0 aliphatic heterocycles. The van der Waals surface area contributed by atoms with Crippen LogP contribution in [-0.4, -0.2) is 10.1 Å². The molecule has 0 saturated carbocycles. The summed E-state index contributed by atoms with van der Waals surface area (Å²) in [7, 11) is 0. The monoisotopic (exact) mass is 266 g/mol. The van der Waals surface area contributed by atoms with E-state index in [1.807, 2.05) is 0 Å². The number of nitrogens with zero attached hydrogens (tertiary/aromatic N) is 1. The minimum absolute atomic E-state index is 0.00860. The van der Waals surface area contributed by atoms with Crippen molar-refractivity contribution in [2.75, 3.05) is 5.73 Å². The minimum atomic E-state index is -0.797. The minimum Gasteiger partial charge on any atom is -0.398 e. The van der Waals surface area contributed by atoms with E-state index in [9.17, 15) is 9.50 Å². The van der Waals surface area contributed by atoms with Crippen molar-refractivity contribution in [3.8, 4) is 0 Å². The van der Waals surface area contributed by atoms with Crippen LogP contribution in [0.5, 0.6) is 0 Å². The predicted octanol–water partition coefficient (Wildman–Crippen LogP) is 2.73. The third-order valence-corrected chi connectivity index (χ3v) is 2.97. The van der Waals surface area contributed by atoms with Gasteiger partial charge in [-0.05, 0) is 29.3 Å². The van der Waals surface area contributed by atoms with Crippen LogP contribution < -0.4 is 5.73 Å². The number of aromatic nitrogens is 1. The lowest BCUT2D eigenvalue weighted by Crippen LogP contribution is -2.05. The largest absolute Gasteiger partial charge is 0.398 e. The Morgan fingerprint density at radius 2 is 2.17 bits per heavy atom. The number of hydrogen-bond donors (Lipinski definition) is 2. The number of halogens is 2. The van der Waals surface area contributed by atoms with Crippen LogP contribution in [0.15, 0.2) is 36.7 Å². The van der Waals surface area contributed by atoms with Crippen LogP contribution in [0, 0.1) is 5.82 Å². The molecule has 5 heteroatoms. The standard InChI is InChI=1S/C13H12ClFN2O/c14-10-5-8(1-2-11(10)15)13(18)6-9-7-17-4-3-12(9)16/h1-5,7,13,18H,6H2,(H2,16,17). The fourth-order valence-electron chi connectivity index (χ4n) is 1.65. The van der Waals surface area contributed by atoms with Crippen molar-refractivity contribution < 1.29 is 9.50 Å². The number of nitrogens with two attached hydrogens (primary N) is 1. The van der Waals surface area contributed by atoms with Crippen molar-refractivity contribution in [1.82, 2.24) is 4.98 Å². The molecule has 18 heavy (non-hydrogen) atoms. The fraction of sp³-hybridized carbons (Fsp3) is 0.154. The summed E-state index contributed by atoms with van der Waals surface area (Å²) in [5, 5.41) is 10.0. The Balaban J connectivity index is 2.19. The third-order valence-electron chi connectivity index (χ3n) is 2.68. The molecule has 0 radical (unpaired) electrons. The third kappa shape index (κ3) is 2.78. The average Bonchev–Trinajstić information content (AvgIpc) is 2.35. The summed E-state index contributed by atoms with van der Waals surface area (Å²) in [5.74, 6) is -0.506. The topological polar surface area (TPSA) is 59.1 Å². The summed E-state index contributed by atoms with van der Waals surface area (Å²) in [4.78, 5) is 3.95. The van der Waals surface area contributed by atoms with Gasteiger partial charge in [-0.3, -0.25) is 4.98 Å². The van der Waals surface area contributed by atoms with Gasteiger partial charge in [0.1, 0.15) is 5.82 Å². The molecule has 1 unspecified atom stereocenters. The molecule has 0 aliphatic carbocycles. The first kappa shape index (κ1) is 12.8. The van der Waals surface area contributed by atoms with Gasteiger partial charge in [-0.15, -0.1) is 0 Å². The number of pyridine rings is 1. The molecule has 1 heterocycles. The molecule has 3 nitrogen and oxygen atoms in total. The van der Waals surface area contributed by atoms with E-state index in [1.165, 1.54) is 18.2 Å². The van der Waals surface area contributed by atoms with Crippen LogP contribution in [0.3, 0.4) is 0 Å². The Bertz CT molecular complexity index is 562. The molecule has 0 aliphatic rings. The van der Waals surface area contributed by atoms with Gasteiger partial charge in [-0.1, -0.05) is 17.7 Å². The normalized spacial score (nSPS) is 12.4. The molecule has 2 rings (SSSR count). The molecule has 1 atom stereocenters. The highest BCUT2D eigenvalue weighted by Crippen LogP contribution is 2.24. The molecule has 0 spiro atoms. The molecule has 2 aromatic rings. The molecule has 0 saturated heterocycles. The number of anilines is 1. The summed E-state index contributed by atoms with van der Waals surface area (Å²) in [6.07, 6.45) is 2.69. The zero-order valence-corrected chi connectivity index (χ0v) is 10.2. The van der Waals surface area contributed by atoms with E-state index in [0.717, 1.165) is 5.56 Å². The van der Waals surface area contributed by atoms with Gasteiger partial charge < -0.3 is 10.8 Å². The summed E-state index contributed by atoms with van der Waals surface area (Å²) in [6.45, 7) is 0. The number of benzene rings is 1. The lowest BCUT2D eigenvalue weighted by molar-refractivity contribution is 0.178. The van der Waals surface area contributed by atoms with Crippen molar-refractivity contribution >= 4 is 17.3 Å². The summed E-state index contributed by atoms with van der Waals surface area (Å²) >= 11 is 5.67. The highest BCUT2D eigenvalue weighted by molar-refractivity contribution is 6.30. The van der Waals surface area contributed by atoms with Gasteiger partial charge in [-0.2, -0.15) is 0 Å². The molecule has 3 N–H and O–H groups in total. The van der Waals surface area contributed by atoms with Crippen molar-refractivity contribution in [3.63, 3.8) is 0 Å². The Morgan fingerprint density at radius 1 is 1.39 bits per heavy atom. The molecule has 0 bridgehead atoms. The van der Waals surface area contributed by atoms with Gasteiger partial charge in [0.25, 0.3) is 0 Å². The zero-order chi connectivity index (χ0) is 13.1. The van der Waals surface area contributed by atoms with Gasteiger partial charge in [-0.25, -0.2) is 4.39 Å². The first-order valence-corrected chi connectivity index (χ1v) is 5.77. The van der Waals surface area contributed by atoms with E-state index >= 15 is 0 Å². The molecule has 0 fully saturated rings. The fourth-order valence-corrected chi connectivity index (χ4v) is 1.84. The second kappa shape index (κ2) is 5.33. The Morgan fingerprint density at radius 3 is 2.83 bits per heavy atom. The summed E-state index contributed by atoms with van der Waals surface area (Å²) in [5.41, 5.74) is 7.62. The SMILES string of the molecule is Nc1ccncc1CC(O)c1ccc(F)c(Cl)c1. The van der Waals surface area contributed by atoms with Gasteiger partial charge in [0.2, 0.25) is 0 Å². The number of rotatable bonds is 3. The maximum absolute atomic E-state index is 13.0. The van der Waals surface area contributed by atoms with E-state index in [4.69, 9.17) is 17.3 Å². The highest BCUT2D eigenvalue weighted by Gasteiger charge is 2.12. The van der Waals surface area contributed by atoms with Crippen LogP contribution in [0.4, 0.5) is 10.1 Å². The summed E-state index contributed by atoms with van der Waals surface area (Å²) < 4.78 is 13.0. The maximum atomic E-state index is 13.0. The molecule has 94 valence electrons. The number of hydrogen-bond acceptors (Lipinski definition) is 3. The summed E-state index contributed by atoms with van der Waals surface area (Å²) in [6, 6.07) is 5.81. The van der Waals surface area contributed by atoms with Crippen LogP contribution in [0.1, 0.15) is 17.2 Å². The highest BCUT2D eigenvalue weighted by atomic mass is 35.5. The van der Waals surface area contributed by atoms with Gasteiger partial charge >= 0.3 is 0 Å². The van der Waals surface area contributed by atoms with E-state index in [-0.39, 0.29) is 5.02 Å². The van der Waals surface area contributed by atoms with Crippen molar-refractivity contribution in [3.05, 3.63) is 58.6 Å². The van der Waals surface area contributed by atoms with Gasteiger partial charge in [0, 0.05) is 24.5 Å². The van der Waals surface area contributed by atoms with E-state index in [0.29, 0.717) is 17.7 Å². The molecular formula is C13H12ClFN2O. The average molecular weight is 267 g/mol. The van der Waals surface area contributed by atoms with Gasteiger partial charge in [0.05, 0.1) is 11.1 Å². The van der Waals surface area contributed by atoms with E-state index < -0.39 is 11.9 Å². The lowest BCUT2D eigenvalue weighted by Gasteiger charge is -2.12. The first-order valence-electron chi connectivity index (χ1n) is 5.39. The number of nitrogen functional groups attached to an aromatic ring is 1. The quantitative estimate of drug-likeness (QED) is 0.898. The molecular weight excluding hydrogens is 255 g/mol. The second-order valence-corrected chi connectivity index (χ2v) is 4.38. The smallest absolute Gasteiger partial charge is 0.141 e. The Labute approximate surface area is 109 Å². The Kier molecular flexibility index (Phi) is 3.79. The van der Waals surface area contributed by atoms with Crippen molar-refractivity contribution in [2.24, 2.45) is 0 Å². The zero-order valence-electron chi connectivity index (χ0n) is 9.48. The molecule has 0 amide bonds. The van der Waals surface area contributed by atoms with Crippen LogP contribution in [0.25, 0.3) is 0 Å². The van der Waals surface area contributed by atoms with Crippen LogP contribution in [0.2, 0.25) is 5.02 Å². The Hall–Kier alpha value is -1.65. The van der Waals surface area contributed by atoms with Crippen molar-refractivity contribution in [1.29, 1.82) is 0 Å². The molecule has 1 aromatic carbocycles. The van der Waals surface area contributed by atoms with E-state index in [1.54, 1.807) is 18.5 Å². The number of aliphatic hydroxyl groups excluding tert-OH is 1. The first-order chi connectivity index (χ1) is 8.58. The van der Waals surface area contributed by atoms with E-state index in [2.05, 4.69) is 4.98 Å².